The third-order valence-electron chi connectivity index (χ3n) is 6.59. The van der Waals surface area contributed by atoms with Crippen molar-refractivity contribution < 1.29 is 19.1 Å². The first-order valence-electron chi connectivity index (χ1n) is 12.9. The van der Waals surface area contributed by atoms with Crippen molar-refractivity contribution in [2.75, 3.05) is 14.2 Å². The summed E-state index contributed by atoms with van der Waals surface area (Å²) in [5, 5.41) is 3.68. The standard InChI is InChI=1S/C31H37ClN2O4/c1-5-22(2)33-31(36)27(19-23-10-7-6-8-11-23)34(21-25-12-9-13-26(32)18-25)30(35)17-15-24-14-16-28(37-3)29(20-24)38-4/h6-14,16,18,20,22,27H,5,15,17,19,21H2,1-4H3,(H,33,36)/t22-,27-/m0/s1. The van der Waals surface area contributed by atoms with Gasteiger partial charge in [0, 0.05) is 30.5 Å². The molecule has 202 valence electrons. The van der Waals surface area contributed by atoms with Crippen LogP contribution >= 0.6 is 11.6 Å². The highest BCUT2D eigenvalue weighted by molar-refractivity contribution is 6.30. The molecule has 2 atom stereocenters. The molecule has 7 heteroatoms. The van der Waals surface area contributed by atoms with E-state index in [1.165, 1.54) is 0 Å². The van der Waals surface area contributed by atoms with Gasteiger partial charge in [0.25, 0.3) is 0 Å². The molecule has 0 saturated carbocycles. The molecule has 0 saturated heterocycles. The molecular formula is C31H37ClN2O4. The van der Waals surface area contributed by atoms with E-state index in [4.69, 9.17) is 21.1 Å². The summed E-state index contributed by atoms with van der Waals surface area (Å²) in [5.41, 5.74) is 2.80. The smallest absolute Gasteiger partial charge is 0.243 e. The number of carbonyl (C=O) groups excluding carboxylic acids is 2. The number of methoxy groups -OCH3 is 2. The van der Waals surface area contributed by atoms with Crippen LogP contribution in [0.25, 0.3) is 0 Å². The Hall–Kier alpha value is -3.51. The van der Waals surface area contributed by atoms with Gasteiger partial charge in [0.05, 0.1) is 14.2 Å². The summed E-state index contributed by atoms with van der Waals surface area (Å²) in [6, 6.07) is 22.2. The lowest BCUT2D eigenvalue weighted by atomic mass is 10.0. The van der Waals surface area contributed by atoms with Gasteiger partial charge in [-0.15, -0.1) is 0 Å². The fraction of sp³-hybridized carbons (Fsp3) is 0.355. The number of amides is 2. The van der Waals surface area contributed by atoms with Crippen LogP contribution in [0.15, 0.2) is 72.8 Å². The number of aryl methyl sites for hydroxylation is 1. The Bertz CT molecular complexity index is 1200. The van der Waals surface area contributed by atoms with Gasteiger partial charge in [-0.2, -0.15) is 0 Å². The first-order valence-corrected chi connectivity index (χ1v) is 13.3. The molecule has 2 amide bonds. The Balaban J connectivity index is 1.91. The number of nitrogens with one attached hydrogen (secondary N) is 1. The van der Waals surface area contributed by atoms with E-state index in [0.717, 1.165) is 23.1 Å². The van der Waals surface area contributed by atoms with Crippen molar-refractivity contribution in [3.05, 3.63) is 94.5 Å². The number of nitrogens with zero attached hydrogens (tertiary/aromatic N) is 1. The first kappa shape index (κ1) is 29.1. The molecule has 0 aromatic heterocycles. The third kappa shape index (κ3) is 8.25. The average Bonchev–Trinajstić information content (AvgIpc) is 2.93. The molecule has 6 nitrogen and oxygen atoms in total. The van der Waals surface area contributed by atoms with E-state index in [9.17, 15) is 9.59 Å². The summed E-state index contributed by atoms with van der Waals surface area (Å²) in [4.78, 5) is 29.1. The van der Waals surface area contributed by atoms with Crippen molar-refractivity contribution in [1.29, 1.82) is 0 Å². The Morgan fingerprint density at radius 2 is 1.61 bits per heavy atom. The summed E-state index contributed by atoms with van der Waals surface area (Å²) < 4.78 is 10.8. The van der Waals surface area contributed by atoms with Crippen molar-refractivity contribution >= 4 is 23.4 Å². The van der Waals surface area contributed by atoms with Gasteiger partial charge in [-0.3, -0.25) is 9.59 Å². The molecule has 0 aliphatic rings. The van der Waals surface area contributed by atoms with Crippen LogP contribution in [0.3, 0.4) is 0 Å². The lowest BCUT2D eigenvalue weighted by molar-refractivity contribution is -0.141. The monoisotopic (exact) mass is 536 g/mol. The fourth-order valence-corrected chi connectivity index (χ4v) is 4.47. The number of hydrogen-bond donors (Lipinski definition) is 1. The summed E-state index contributed by atoms with van der Waals surface area (Å²) in [6.07, 6.45) is 1.94. The number of ether oxygens (including phenoxy) is 2. The molecule has 3 aromatic rings. The maximum atomic E-state index is 13.8. The fourth-order valence-electron chi connectivity index (χ4n) is 4.26. The number of carbonyl (C=O) groups is 2. The van der Waals surface area contributed by atoms with Gasteiger partial charge >= 0.3 is 0 Å². The van der Waals surface area contributed by atoms with Gasteiger partial charge in [0.1, 0.15) is 6.04 Å². The average molecular weight is 537 g/mol. The summed E-state index contributed by atoms with van der Waals surface area (Å²) >= 11 is 6.26. The van der Waals surface area contributed by atoms with Crippen LogP contribution in [-0.2, 0) is 29.0 Å². The first-order chi connectivity index (χ1) is 18.3. The minimum absolute atomic E-state index is 0.00402. The molecular weight excluding hydrogens is 500 g/mol. The lowest BCUT2D eigenvalue weighted by Gasteiger charge is -2.32. The number of halogens is 1. The highest BCUT2D eigenvalue weighted by Gasteiger charge is 2.30. The largest absolute Gasteiger partial charge is 0.493 e. The van der Waals surface area contributed by atoms with E-state index in [0.29, 0.717) is 29.4 Å². The number of benzene rings is 3. The Morgan fingerprint density at radius 3 is 2.26 bits per heavy atom. The van der Waals surface area contributed by atoms with Gasteiger partial charge < -0.3 is 19.7 Å². The summed E-state index contributed by atoms with van der Waals surface area (Å²) in [6.45, 7) is 4.27. The van der Waals surface area contributed by atoms with Gasteiger partial charge in [-0.25, -0.2) is 0 Å². The van der Waals surface area contributed by atoms with Crippen molar-refractivity contribution in [3.8, 4) is 11.5 Å². The highest BCUT2D eigenvalue weighted by Crippen LogP contribution is 2.28. The van der Waals surface area contributed by atoms with Crippen molar-refractivity contribution in [3.63, 3.8) is 0 Å². The molecule has 38 heavy (non-hydrogen) atoms. The second-order valence-electron chi connectivity index (χ2n) is 9.36. The molecule has 0 radical (unpaired) electrons. The van der Waals surface area contributed by atoms with Crippen LogP contribution < -0.4 is 14.8 Å². The molecule has 0 fully saturated rings. The van der Waals surface area contributed by atoms with Crippen LogP contribution in [0.1, 0.15) is 43.4 Å². The zero-order valence-electron chi connectivity index (χ0n) is 22.6. The minimum atomic E-state index is -0.678. The molecule has 0 aliphatic carbocycles. The normalized spacial score (nSPS) is 12.3. The predicted molar refractivity (Wildman–Crippen MR) is 152 cm³/mol. The highest BCUT2D eigenvalue weighted by atomic mass is 35.5. The van der Waals surface area contributed by atoms with Crippen LogP contribution in [-0.4, -0.2) is 43.0 Å². The second-order valence-corrected chi connectivity index (χ2v) is 9.80. The summed E-state index contributed by atoms with van der Waals surface area (Å²) in [5.74, 6) is 0.975. The van der Waals surface area contributed by atoms with Crippen LogP contribution in [0.5, 0.6) is 11.5 Å². The number of rotatable bonds is 13. The van der Waals surface area contributed by atoms with Crippen molar-refractivity contribution in [1.82, 2.24) is 10.2 Å². The minimum Gasteiger partial charge on any atom is -0.493 e. The topological polar surface area (TPSA) is 67.9 Å². The molecule has 1 N–H and O–H groups in total. The van der Waals surface area contributed by atoms with Crippen LogP contribution in [0.2, 0.25) is 5.02 Å². The zero-order valence-corrected chi connectivity index (χ0v) is 23.3. The molecule has 0 bridgehead atoms. The van der Waals surface area contributed by atoms with Gasteiger partial charge in [-0.05, 0) is 60.7 Å². The van der Waals surface area contributed by atoms with Crippen molar-refractivity contribution in [2.45, 2.75) is 58.2 Å². The SMILES string of the molecule is CC[C@H](C)NC(=O)[C@H](Cc1ccccc1)N(Cc1cccc(Cl)c1)C(=O)CCc1ccc(OC)c(OC)c1. The van der Waals surface area contributed by atoms with Crippen LogP contribution in [0, 0.1) is 0 Å². The second kappa shape index (κ2) is 14.4. The maximum absolute atomic E-state index is 13.8. The zero-order chi connectivity index (χ0) is 27.5. The molecule has 0 unspecified atom stereocenters. The predicted octanol–water partition coefficient (Wildman–Crippen LogP) is 5.84. The Kier molecular flexibility index (Phi) is 11.0. The quantitative estimate of drug-likeness (QED) is 0.298. The molecule has 0 spiro atoms. The van der Waals surface area contributed by atoms with E-state index in [2.05, 4.69) is 5.32 Å². The molecule has 0 aliphatic heterocycles. The van der Waals surface area contributed by atoms with Crippen molar-refractivity contribution in [2.24, 2.45) is 0 Å². The van der Waals surface area contributed by atoms with Gasteiger partial charge in [0.15, 0.2) is 11.5 Å². The third-order valence-corrected chi connectivity index (χ3v) is 6.82. The summed E-state index contributed by atoms with van der Waals surface area (Å²) in [7, 11) is 3.18. The molecule has 3 aromatic carbocycles. The lowest BCUT2D eigenvalue weighted by Crippen LogP contribution is -2.52. The number of hydrogen-bond acceptors (Lipinski definition) is 4. The van der Waals surface area contributed by atoms with Gasteiger partial charge in [-0.1, -0.05) is 67.1 Å². The molecule has 3 rings (SSSR count). The van der Waals surface area contributed by atoms with E-state index >= 15 is 0 Å². The van der Waals surface area contributed by atoms with E-state index in [1.54, 1.807) is 25.2 Å². The Labute approximate surface area is 230 Å². The van der Waals surface area contributed by atoms with E-state index in [-0.39, 0.29) is 30.8 Å². The molecule has 0 heterocycles. The maximum Gasteiger partial charge on any atom is 0.243 e. The van der Waals surface area contributed by atoms with E-state index in [1.807, 2.05) is 80.6 Å². The van der Waals surface area contributed by atoms with Gasteiger partial charge in [0.2, 0.25) is 11.8 Å². The Morgan fingerprint density at radius 1 is 0.895 bits per heavy atom. The van der Waals surface area contributed by atoms with E-state index < -0.39 is 6.04 Å². The van der Waals surface area contributed by atoms with Crippen LogP contribution in [0.4, 0.5) is 0 Å².